The van der Waals surface area contributed by atoms with Gasteiger partial charge in [-0.3, -0.25) is 4.57 Å². The lowest BCUT2D eigenvalue weighted by molar-refractivity contribution is 0.414. The van der Waals surface area contributed by atoms with Gasteiger partial charge < -0.3 is 9.47 Å². The summed E-state index contributed by atoms with van der Waals surface area (Å²) < 4.78 is 12.8. The highest BCUT2D eigenvalue weighted by Crippen LogP contribution is 2.32. The highest BCUT2D eigenvalue weighted by atomic mass is 32.2. The number of aromatic nitrogens is 3. The van der Waals surface area contributed by atoms with Crippen LogP contribution < -0.4 is 9.47 Å². The van der Waals surface area contributed by atoms with Crippen molar-refractivity contribution in [3.8, 4) is 28.6 Å². The van der Waals surface area contributed by atoms with Crippen LogP contribution >= 0.6 is 11.8 Å². The van der Waals surface area contributed by atoms with Crippen molar-refractivity contribution in [2.24, 2.45) is 0 Å². The molecule has 1 heterocycles. The third kappa shape index (κ3) is 4.30. The molecule has 164 valence electrons. The summed E-state index contributed by atoms with van der Waals surface area (Å²) in [5.74, 6) is 3.18. The molecule has 5 nitrogen and oxygen atoms in total. The summed E-state index contributed by atoms with van der Waals surface area (Å²) in [6, 6.07) is 30.7. The predicted octanol–water partition coefficient (Wildman–Crippen LogP) is 6.40. The highest BCUT2D eigenvalue weighted by molar-refractivity contribution is 7.98. The first-order valence-corrected chi connectivity index (χ1v) is 11.6. The first kappa shape index (κ1) is 21.1. The largest absolute Gasteiger partial charge is 0.497 e. The average molecular weight is 454 g/mol. The summed E-state index contributed by atoms with van der Waals surface area (Å²) in [6.07, 6.45) is 0. The summed E-state index contributed by atoms with van der Waals surface area (Å²) in [5.41, 5.74) is 3.22. The molecule has 0 bridgehead atoms. The van der Waals surface area contributed by atoms with E-state index in [1.807, 2.05) is 48.5 Å². The smallest absolute Gasteiger partial charge is 0.196 e. The second-order valence-corrected chi connectivity index (χ2v) is 8.44. The average Bonchev–Trinajstić information content (AvgIpc) is 3.31. The normalized spacial score (nSPS) is 11.0. The number of ether oxygens (including phenoxy) is 2. The lowest BCUT2D eigenvalue weighted by Gasteiger charge is -2.12. The monoisotopic (exact) mass is 453 g/mol. The van der Waals surface area contributed by atoms with Crippen LogP contribution in [-0.2, 0) is 5.75 Å². The van der Waals surface area contributed by atoms with Gasteiger partial charge in [0.15, 0.2) is 11.0 Å². The zero-order valence-electron chi connectivity index (χ0n) is 18.4. The Kier molecular flexibility index (Phi) is 6.00. The highest BCUT2D eigenvalue weighted by Gasteiger charge is 2.17. The van der Waals surface area contributed by atoms with Crippen molar-refractivity contribution in [3.63, 3.8) is 0 Å². The van der Waals surface area contributed by atoms with E-state index in [1.165, 1.54) is 16.3 Å². The molecule has 4 aromatic carbocycles. The predicted molar refractivity (Wildman–Crippen MR) is 133 cm³/mol. The third-order valence-corrected chi connectivity index (χ3v) is 6.53. The van der Waals surface area contributed by atoms with E-state index >= 15 is 0 Å². The fourth-order valence-corrected chi connectivity index (χ4v) is 4.77. The molecule has 0 aliphatic heterocycles. The van der Waals surface area contributed by atoms with Crippen LogP contribution in [-0.4, -0.2) is 29.0 Å². The fraction of sp³-hybridized carbons (Fsp3) is 0.111. The Bertz CT molecular complexity index is 1370. The van der Waals surface area contributed by atoms with Crippen molar-refractivity contribution in [1.29, 1.82) is 0 Å². The summed E-state index contributed by atoms with van der Waals surface area (Å²) in [5, 5.41) is 12.5. The summed E-state index contributed by atoms with van der Waals surface area (Å²) >= 11 is 1.68. The van der Waals surface area contributed by atoms with E-state index in [1.54, 1.807) is 26.0 Å². The summed E-state index contributed by atoms with van der Waals surface area (Å²) in [6.45, 7) is 0. The Morgan fingerprint density at radius 3 is 2.12 bits per heavy atom. The maximum absolute atomic E-state index is 5.34. The SMILES string of the molecule is COc1ccc(-c2nnc(SCc3cccc4ccccc34)n2-c2ccc(OC)cc2)cc1. The summed E-state index contributed by atoms with van der Waals surface area (Å²) in [4.78, 5) is 0. The molecule has 0 fully saturated rings. The lowest BCUT2D eigenvalue weighted by atomic mass is 10.1. The van der Waals surface area contributed by atoms with Crippen molar-refractivity contribution < 1.29 is 9.47 Å². The van der Waals surface area contributed by atoms with Gasteiger partial charge in [-0.2, -0.15) is 0 Å². The molecule has 0 saturated heterocycles. The number of thioether (sulfide) groups is 1. The van der Waals surface area contributed by atoms with Gasteiger partial charge in [0, 0.05) is 17.0 Å². The Morgan fingerprint density at radius 2 is 1.39 bits per heavy atom. The number of hydrogen-bond donors (Lipinski definition) is 0. The van der Waals surface area contributed by atoms with Gasteiger partial charge in [0.1, 0.15) is 11.5 Å². The molecule has 0 spiro atoms. The van der Waals surface area contributed by atoms with Gasteiger partial charge in [0.05, 0.1) is 14.2 Å². The minimum Gasteiger partial charge on any atom is -0.497 e. The van der Waals surface area contributed by atoms with E-state index in [-0.39, 0.29) is 0 Å². The number of hydrogen-bond acceptors (Lipinski definition) is 5. The van der Waals surface area contributed by atoms with Gasteiger partial charge in [0.2, 0.25) is 0 Å². The van der Waals surface area contributed by atoms with Crippen LogP contribution in [0.5, 0.6) is 11.5 Å². The lowest BCUT2D eigenvalue weighted by Crippen LogP contribution is -2.00. The number of methoxy groups -OCH3 is 2. The topological polar surface area (TPSA) is 49.2 Å². The molecule has 0 saturated carbocycles. The summed E-state index contributed by atoms with van der Waals surface area (Å²) in [7, 11) is 3.33. The fourth-order valence-electron chi connectivity index (χ4n) is 3.82. The Labute approximate surface area is 197 Å². The van der Waals surface area contributed by atoms with Gasteiger partial charge in [0.25, 0.3) is 0 Å². The van der Waals surface area contributed by atoms with Crippen molar-refractivity contribution >= 4 is 22.5 Å². The van der Waals surface area contributed by atoms with Crippen LogP contribution in [0, 0.1) is 0 Å². The molecule has 6 heteroatoms. The number of benzene rings is 4. The molecule has 1 aromatic heterocycles. The van der Waals surface area contributed by atoms with Gasteiger partial charge in [-0.1, -0.05) is 54.2 Å². The van der Waals surface area contributed by atoms with Crippen LogP contribution in [0.1, 0.15) is 5.56 Å². The molecule has 0 aliphatic carbocycles. The van der Waals surface area contributed by atoms with E-state index in [4.69, 9.17) is 9.47 Å². The van der Waals surface area contributed by atoms with Crippen molar-refractivity contribution in [3.05, 3.63) is 96.6 Å². The molecule has 0 aliphatic rings. The van der Waals surface area contributed by atoms with E-state index in [0.29, 0.717) is 0 Å². The van der Waals surface area contributed by atoms with Crippen molar-refractivity contribution in [2.75, 3.05) is 14.2 Å². The van der Waals surface area contributed by atoms with Crippen molar-refractivity contribution in [1.82, 2.24) is 14.8 Å². The molecule has 5 rings (SSSR count). The van der Waals surface area contributed by atoms with E-state index in [2.05, 4.69) is 57.2 Å². The standard InChI is InChI=1S/C27H23N3O2S/c1-31-23-14-10-20(11-15-23)26-28-29-27(30(26)22-12-16-24(32-2)17-13-22)33-18-21-8-5-7-19-6-3-4-9-25(19)21/h3-17H,18H2,1-2H3. The van der Waals surface area contributed by atoms with Crippen LogP contribution in [0.25, 0.3) is 27.8 Å². The van der Waals surface area contributed by atoms with Crippen molar-refractivity contribution in [2.45, 2.75) is 10.9 Å². The quantitative estimate of drug-likeness (QED) is 0.267. The molecule has 33 heavy (non-hydrogen) atoms. The zero-order valence-corrected chi connectivity index (χ0v) is 19.3. The number of rotatable bonds is 7. The molecule has 5 aromatic rings. The molecule has 0 radical (unpaired) electrons. The van der Waals surface area contributed by atoms with Gasteiger partial charge in [-0.25, -0.2) is 0 Å². The number of nitrogens with zero attached hydrogens (tertiary/aromatic N) is 3. The van der Waals surface area contributed by atoms with Crippen LogP contribution in [0.15, 0.2) is 96.2 Å². The molecular weight excluding hydrogens is 430 g/mol. The Balaban J connectivity index is 1.54. The molecule has 0 unspecified atom stereocenters. The first-order chi connectivity index (χ1) is 16.3. The number of fused-ring (bicyclic) bond motifs is 1. The van der Waals surface area contributed by atoms with E-state index < -0.39 is 0 Å². The Morgan fingerprint density at radius 1 is 0.727 bits per heavy atom. The Hall–Kier alpha value is -3.77. The third-order valence-electron chi connectivity index (χ3n) is 5.55. The second-order valence-electron chi connectivity index (χ2n) is 7.50. The minimum atomic E-state index is 0.781. The second kappa shape index (κ2) is 9.38. The maximum atomic E-state index is 5.34. The zero-order chi connectivity index (χ0) is 22.6. The van der Waals surface area contributed by atoms with E-state index in [0.717, 1.165) is 39.5 Å². The van der Waals surface area contributed by atoms with Gasteiger partial charge >= 0.3 is 0 Å². The van der Waals surface area contributed by atoms with E-state index in [9.17, 15) is 0 Å². The maximum Gasteiger partial charge on any atom is 0.196 e. The van der Waals surface area contributed by atoms with Crippen LogP contribution in [0.4, 0.5) is 0 Å². The van der Waals surface area contributed by atoms with Gasteiger partial charge in [-0.15, -0.1) is 10.2 Å². The molecular formula is C27H23N3O2S. The molecule has 0 N–H and O–H groups in total. The first-order valence-electron chi connectivity index (χ1n) is 10.6. The van der Waals surface area contributed by atoms with Gasteiger partial charge in [-0.05, 0) is 64.9 Å². The minimum absolute atomic E-state index is 0.781. The van der Waals surface area contributed by atoms with Crippen LogP contribution in [0.2, 0.25) is 0 Å². The molecule has 0 atom stereocenters. The molecule has 0 amide bonds. The van der Waals surface area contributed by atoms with Crippen LogP contribution in [0.3, 0.4) is 0 Å².